The van der Waals surface area contributed by atoms with Gasteiger partial charge in [-0.2, -0.15) is 0 Å². The third-order valence-corrected chi connectivity index (χ3v) is 22.9. The van der Waals surface area contributed by atoms with E-state index in [2.05, 4.69) is 204 Å². The van der Waals surface area contributed by atoms with Crippen LogP contribution in [0.3, 0.4) is 0 Å². The molecule has 1 atom stereocenters. The molecule has 13 nitrogen and oxygen atoms in total. The van der Waals surface area contributed by atoms with Crippen molar-refractivity contribution in [2.75, 3.05) is 20.3 Å². The summed E-state index contributed by atoms with van der Waals surface area (Å²) >= 11 is -0.0703. The Hall–Kier alpha value is -8.30. The predicted octanol–water partition coefficient (Wildman–Crippen LogP) is 15.5. The zero-order chi connectivity index (χ0) is 72.0. The maximum atomic E-state index is 12.1. The summed E-state index contributed by atoms with van der Waals surface area (Å²) in [6.07, 6.45) is 2.62. The van der Waals surface area contributed by atoms with E-state index in [1.807, 2.05) is 36.4 Å². The Kier molecular flexibility index (Phi) is 28.5. The maximum Gasteiger partial charge on any atom is 0.357 e. The Morgan fingerprint density at radius 3 is 1.49 bits per heavy atom. The highest BCUT2D eigenvalue weighted by molar-refractivity contribution is 7.97. The van der Waals surface area contributed by atoms with Gasteiger partial charge in [-0.3, -0.25) is 4.79 Å². The Bertz CT molecular complexity index is 4350. The number of carbonyl (C=O) groups is 2. The van der Waals surface area contributed by atoms with Crippen LogP contribution in [0.2, 0.25) is 0 Å². The van der Waals surface area contributed by atoms with Gasteiger partial charge in [0.2, 0.25) is 0 Å². The molecule has 10 aromatic carbocycles. The molecule has 99 heavy (non-hydrogen) atoms. The minimum absolute atomic E-state index is 0.00350. The zero-order valence-electron chi connectivity index (χ0n) is 58.3. The summed E-state index contributed by atoms with van der Waals surface area (Å²) in [5.74, 6) is 2.04. The minimum atomic E-state index is -4.59. The van der Waals surface area contributed by atoms with Crippen molar-refractivity contribution in [2.24, 2.45) is 0 Å². The summed E-state index contributed by atoms with van der Waals surface area (Å²) in [7, 11) is -7.51. The van der Waals surface area contributed by atoms with Gasteiger partial charge in [0, 0.05) is 23.3 Å². The van der Waals surface area contributed by atoms with Crippen LogP contribution in [-0.2, 0) is 57.0 Å². The lowest BCUT2D eigenvalue weighted by Gasteiger charge is -2.23. The van der Waals surface area contributed by atoms with Crippen LogP contribution in [0.25, 0.3) is 10.8 Å². The van der Waals surface area contributed by atoms with Crippen LogP contribution in [0, 0.1) is 7.14 Å². The van der Waals surface area contributed by atoms with Gasteiger partial charge in [0.15, 0.2) is 28.4 Å². The number of fused-ring (bicyclic) bond motifs is 1. The van der Waals surface area contributed by atoms with E-state index in [-0.39, 0.29) is 89.5 Å². The summed E-state index contributed by atoms with van der Waals surface area (Å²) in [4.78, 5) is 27.2. The van der Waals surface area contributed by atoms with Crippen LogP contribution < -0.4 is 44.9 Å². The molecule has 0 saturated carbocycles. The number of hydrogen-bond acceptors (Lipinski definition) is 13. The van der Waals surface area contributed by atoms with Crippen LogP contribution >= 0.6 is 0 Å². The van der Waals surface area contributed by atoms with Crippen molar-refractivity contribution >= 4 is 53.8 Å². The van der Waals surface area contributed by atoms with Gasteiger partial charge in [0.25, 0.3) is 0 Å². The van der Waals surface area contributed by atoms with Gasteiger partial charge in [-0.15, -0.1) is 0 Å². The molecule has 0 bridgehead atoms. The van der Waals surface area contributed by atoms with Gasteiger partial charge in [-0.05, 0) is 185 Å². The lowest BCUT2D eigenvalue weighted by atomic mass is 9.82. The number of rotatable bonds is 22. The standard InChI is InChI=1S/C24H26O6S.C20H26I.C19H22O6S.C19H17OS/c1-3-17(2)18-12-14-19(15-13-18)30-24(25)11-6-16-29-22-9-4-8-21-20(22)7-5-10-23(21)31(26,27)28;1-19(2,3)15-7-11-17(12-8-15)21-18-13-9-16(10-14-18)20(4,5)6;1-4-19(2,3)14-6-5-7-16(12-14)24-13-18(20)25-15-8-10-17(11-9-15)26(21,22)23;1-20-16-9-8-14-19(15-16)21(17-10-4-2-5-11-17)18-12-6-3-7-13-18/h4-5,7-10,12-15,17H,3,6,11,16H2,1-2H3,(H,26,27,28);7-14H,1-6H3;5-12H,4,13H2,1-3H3,(H,21,22,23);2-15H,1H3/q;+1;;+1/p-2. The molecule has 0 N–H and O–H groups in total. The normalized spacial score (nSPS) is 11.9. The number of esters is 2. The second-order valence-corrected chi connectivity index (χ2v) is 33.8. The Labute approximate surface area is 599 Å². The molecule has 0 radical (unpaired) electrons. The van der Waals surface area contributed by atoms with Gasteiger partial charge in [-0.25, -0.2) is 21.6 Å². The van der Waals surface area contributed by atoms with Crippen LogP contribution in [0.15, 0.2) is 267 Å². The van der Waals surface area contributed by atoms with Crippen molar-refractivity contribution in [2.45, 2.75) is 148 Å². The van der Waals surface area contributed by atoms with Crippen molar-refractivity contribution in [1.82, 2.24) is 0 Å². The monoisotopic (exact) mass is 1500 g/mol. The number of benzene rings is 10. The lowest BCUT2D eigenvalue weighted by molar-refractivity contribution is -0.597. The molecule has 0 saturated heterocycles. The number of carbonyl (C=O) groups excluding carboxylic acids is 2. The molecule has 0 amide bonds. The Balaban J connectivity index is 0.000000188. The first-order chi connectivity index (χ1) is 46.9. The third kappa shape index (κ3) is 24.2. The first-order valence-corrected chi connectivity index (χ1v) is 38.9. The van der Waals surface area contributed by atoms with E-state index in [1.54, 1.807) is 49.6 Å². The Morgan fingerprint density at radius 2 is 0.980 bits per heavy atom. The molecule has 0 aliphatic carbocycles. The molecule has 10 rings (SSSR count). The highest BCUT2D eigenvalue weighted by atomic mass is 127. The molecular weight excluding hydrogens is 1420 g/mol. The van der Waals surface area contributed by atoms with Crippen molar-refractivity contribution in [1.29, 1.82) is 0 Å². The minimum Gasteiger partial charge on any atom is -0.744 e. The largest absolute Gasteiger partial charge is 0.744 e. The summed E-state index contributed by atoms with van der Waals surface area (Å²) in [6, 6.07) is 77.1. The van der Waals surface area contributed by atoms with Crippen molar-refractivity contribution in [3.63, 3.8) is 0 Å². The molecule has 0 aliphatic heterocycles. The fourth-order valence-electron chi connectivity index (χ4n) is 9.87. The lowest BCUT2D eigenvalue weighted by Crippen LogP contribution is -3.61. The highest BCUT2D eigenvalue weighted by Gasteiger charge is 2.29. The smallest absolute Gasteiger partial charge is 0.357 e. The SMILES string of the molecule is CC(C)(C)c1ccc([I+]c2ccc(C(C)(C)C)cc2)cc1.CCC(C)(C)c1cccc(OCC(=O)Oc2ccc(S(=O)(=O)[O-])cc2)c1.CCC(C)c1ccc(OC(=O)CCCOc2cccc3c(S(=O)(=O)[O-])cccc23)cc1.COc1cccc([S+](c2ccccc2)c2ccccc2)c1. The summed E-state index contributed by atoms with van der Waals surface area (Å²) in [5, 5.41) is 0.846. The second kappa shape index (κ2) is 36.2. The number of halogens is 1. The number of ether oxygens (including phenoxy) is 5. The maximum absolute atomic E-state index is 12.1. The van der Waals surface area contributed by atoms with E-state index in [9.17, 15) is 35.5 Å². The Morgan fingerprint density at radius 1 is 0.485 bits per heavy atom. The van der Waals surface area contributed by atoms with Gasteiger partial charge < -0.3 is 32.8 Å². The molecule has 1 unspecified atom stereocenters. The van der Waals surface area contributed by atoms with Crippen LogP contribution in [0.4, 0.5) is 0 Å². The van der Waals surface area contributed by atoms with E-state index in [0.717, 1.165) is 36.3 Å². The highest BCUT2D eigenvalue weighted by Crippen LogP contribution is 2.35. The quantitative estimate of drug-likeness (QED) is 0.0155. The summed E-state index contributed by atoms with van der Waals surface area (Å²) < 4.78 is 97.0. The van der Waals surface area contributed by atoms with Crippen molar-refractivity contribution in [3.05, 3.63) is 272 Å². The van der Waals surface area contributed by atoms with E-state index in [0.29, 0.717) is 40.4 Å². The molecule has 0 aliphatic rings. The first kappa shape index (κ1) is 78.0. The zero-order valence-corrected chi connectivity index (χ0v) is 62.9. The fraction of sp³-hybridized carbons (Fsp3) is 0.268. The van der Waals surface area contributed by atoms with Crippen LogP contribution in [-0.4, -0.2) is 58.2 Å². The van der Waals surface area contributed by atoms with Gasteiger partial charge in [-0.1, -0.05) is 191 Å². The molecule has 0 spiro atoms. The van der Waals surface area contributed by atoms with E-state index < -0.39 is 26.2 Å². The fourth-order valence-corrected chi connectivity index (χ4v) is 15.3. The summed E-state index contributed by atoms with van der Waals surface area (Å²) in [6.45, 7) is 24.2. The summed E-state index contributed by atoms with van der Waals surface area (Å²) in [5.41, 5.74) is 5.63. The van der Waals surface area contributed by atoms with Gasteiger partial charge >= 0.3 is 33.1 Å². The molecule has 0 fully saturated rings. The van der Waals surface area contributed by atoms with Gasteiger partial charge in [0.1, 0.15) is 49.0 Å². The number of methoxy groups -OCH3 is 1. The predicted molar refractivity (Wildman–Crippen MR) is 388 cm³/mol. The van der Waals surface area contributed by atoms with E-state index in [4.69, 9.17) is 23.7 Å². The third-order valence-electron chi connectivity index (χ3n) is 16.3. The second-order valence-electron chi connectivity index (χ2n) is 26.0. The van der Waals surface area contributed by atoms with Crippen LogP contribution in [0.5, 0.6) is 28.7 Å². The topological polar surface area (TPSA) is 195 Å². The average molecular weight is 1510 g/mol. The molecule has 0 aromatic heterocycles. The van der Waals surface area contributed by atoms with Gasteiger partial charge in [0.05, 0.1) is 34.4 Å². The molecule has 520 valence electrons. The molecule has 0 heterocycles. The number of hydrogen-bond donors (Lipinski definition) is 0. The average Bonchev–Trinajstić information content (AvgIpc) is 0.791. The molecule has 10 aromatic rings. The van der Waals surface area contributed by atoms with Crippen molar-refractivity contribution < 1.29 is 80.4 Å². The van der Waals surface area contributed by atoms with Crippen LogP contribution in [0.1, 0.15) is 130 Å². The first-order valence-electron chi connectivity index (χ1n) is 32.7. The van der Waals surface area contributed by atoms with Crippen molar-refractivity contribution in [3.8, 4) is 28.7 Å². The van der Waals surface area contributed by atoms with E-state index in [1.165, 1.54) is 62.8 Å². The molecular formula is C82H89IO13S3. The van der Waals surface area contributed by atoms with E-state index >= 15 is 0 Å². The molecule has 17 heteroatoms.